The van der Waals surface area contributed by atoms with Crippen molar-refractivity contribution in [3.05, 3.63) is 70.6 Å². The predicted molar refractivity (Wildman–Crippen MR) is 157 cm³/mol. The van der Waals surface area contributed by atoms with Crippen molar-refractivity contribution in [2.75, 3.05) is 17.2 Å². The summed E-state index contributed by atoms with van der Waals surface area (Å²) < 4.78 is 2.66. The standard InChI is InChI=1S/C30H26N10S/c1-29(2,3)16-35-26-19(12-32)13-34-25-18(11-31)9-20(10-22(25)26)37-27(21-5-4-6-23-28(21)41-17-36-23)24-14-40(39-38-24)30(15-33)7-8-30/h4-6,9-10,13-14,17,27,37H,7-8,16H2,1-3H3,(H,34,35). The van der Waals surface area contributed by atoms with Gasteiger partial charge in [-0.15, -0.1) is 16.4 Å². The normalized spacial score (nSPS) is 14.6. The van der Waals surface area contributed by atoms with Crippen molar-refractivity contribution in [2.24, 2.45) is 5.41 Å². The van der Waals surface area contributed by atoms with Gasteiger partial charge in [0.15, 0.2) is 5.54 Å². The molecule has 41 heavy (non-hydrogen) atoms. The predicted octanol–water partition coefficient (Wildman–Crippen LogP) is 5.85. The van der Waals surface area contributed by atoms with E-state index in [1.54, 1.807) is 10.7 Å². The van der Waals surface area contributed by atoms with Gasteiger partial charge in [-0.2, -0.15) is 15.8 Å². The second-order valence-corrected chi connectivity index (χ2v) is 12.3. The molecule has 1 aliphatic carbocycles. The minimum Gasteiger partial charge on any atom is -0.383 e. The second-order valence-electron chi connectivity index (χ2n) is 11.5. The Balaban J connectivity index is 1.50. The van der Waals surface area contributed by atoms with E-state index in [0.717, 1.165) is 28.6 Å². The largest absolute Gasteiger partial charge is 0.383 e. The SMILES string of the molecule is CC(C)(C)CNc1c(C#N)cnc2c(C#N)cc(NC(c3cn(C4(C#N)CC4)nn3)c3cccc4ncsc34)cc12. The van der Waals surface area contributed by atoms with E-state index in [4.69, 9.17) is 0 Å². The van der Waals surface area contributed by atoms with Gasteiger partial charge in [0.2, 0.25) is 0 Å². The van der Waals surface area contributed by atoms with Crippen LogP contribution in [0, 0.1) is 39.4 Å². The number of nitriles is 3. The molecule has 1 atom stereocenters. The lowest BCUT2D eigenvalue weighted by Gasteiger charge is -2.22. The topological polar surface area (TPSA) is 152 Å². The van der Waals surface area contributed by atoms with Crippen LogP contribution in [-0.4, -0.2) is 31.5 Å². The number of nitrogens with zero attached hydrogens (tertiary/aromatic N) is 8. The average Bonchev–Trinajstić information content (AvgIpc) is 3.35. The van der Waals surface area contributed by atoms with Crippen LogP contribution >= 0.6 is 11.3 Å². The summed E-state index contributed by atoms with van der Waals surface area (Å²) in [4.78, 5) is 8.96. The second kappa shape index (κ2) is 9.85. The third kappa shape index (κ3) is 4.80. The van der Waals surface area contributed by atoms with Gasteiger partial charge < -0.3 is 10.6 Å². The van der Waals surface area contributed by atoms with Gasteiger partial charge in [0.1, 0.15) is 17.8 Å². The molecule has 2 N–H and O–H groups in total. The van der Waals surface area contributed by atoms with Gasteiger partial charge in [-0.25, -0.2) is 9.67 Å². The molecule has 0 radical (unpaired) electrons. The summed E-state index contributed by atoms with van der Waals surface area (Å²) in [5.41, 5.74) is 6.20. The number of fused-ring (bicyclic) bond motifs is 2. The van der Waals surface area contributed by atoms with E-state index < -0.39 is 11.6 Å². The van der Waals surface area contributed by atoms with Gasteiger partial charge in [0, 0.05) is 23.8 Å². The number of anilines is 2. The van der Waals surface area contributed by atoms with Crippen LogP contribution in [0.25, 0.3) is 21.1 Å². The number of nitrogens with one attached hydrogen (secondary N) is 2. The molecule has 11 heteroatoms. The Morgan fingerprint density at radius 3 is 2.61 bits per heavy atom. The molecule has 5 aromatic rings. The highest BCUT2D eigenvalue weighted by Gasteiger charge is 2.47. The molecule has 0 saturated heterocycles. The molecule has 1 aliphatic rings. The molecule has 2 aromatic carbocycles. The third-order valence-electron chi connectivity index (χ3n) is 7.19. The Labute approximate surface area is 240 Å². The first-order valence-electron chi connectivity index (χ1n) is 13.2. The maximum absolute atomic E-state index is 10.1. The maximum Gasteiger partial charge on any atom is 0.150 e. The lowest BCUT2D eigenvalue weighted by molar-refractivity contribution is 0.443. The highest BCUT2D eigenvalue weighted by molar-refractivity contribution is 7.17. The van der Waals surface area contributed by atoms with Crippen molar-refractivity contribution in [1.29, 1.82) is 15.8 Å². The van der Waals surface area contributed by atoms with Crippen LogP contribution in [0.3, 0.4) is 0 Å². The van der Waals surface area contributed by atoms with Crippen LogP contribution in [0.5, 0.6) is 0 Å². The van der Waals surface area contributed by atoms with Crippen molar-refractivity contribution in [2.45, 2.75) is 45.2 Å². The molecule has 0 spiro atoms. The van der Waals surface area contributed by atoms with E-state index in [2.05, 4.69) is 69.9 Å². The molecule has 1 unspecified atom stereocenters. The molecule has 0 bridgehead atoms. The fourth-order valence-corrected chi connectivity index (χ4v) is 5.68. The number of hydrogen-bond donors (Lipinski definition) is 2. The Kier molecular flexibility index (Phi) is 6.29. The Bertz CT molecular complexity index is 1920. The van der Waals surface area contributed by atoms with Crippen LogP contribution in [0.4, 0.5) is 11.4 Å². The molecular weight excluding hydrogens is 532 g/mol. The van der Waals surface area contributed by atoms with Gasteiger partial charge in [0.25, 0.3) is 0 Å². The van der Waals surface area contributed by atoms with Gasteiger partial charge in [-0.05, 0) is 42.0 Å². The summed E-state index contributed by atoms with van der Waals surface area (Å²) in [6, 6.07) is 16.0. The highest BCUT2D eigenvalue weighted by Crippen LogP contribution is 2.43. The quantitative estimate of drug-likeness (QED) is 0.250. The molecule has 3 heterocycles. The number of aromatic nitrogens is 5. The maximum atomic E-state index is 10.1. The number of rotatable bonds is 7. The molecule has 0 amide bonds. The summed E-state index contributed by atoms with van der Waals surface area (Å²) in [6.45, 7) is 6.96. The zero-order chi connectivity index (χ0) is 28.8. The van der Waals surface area contributed by atoms with E-state index in [0.29, 0.717) is 45.6 Å². The zero-order valence-corrected chi connectivity index (χ0v) is 23.6. The molecule has 1 fully saturated rings. The number of pyridine rings is 1. The molecule has 10 nitrogen and oxygen atoms in total. The zero-order valence-electron chi connectivity index (χ0n) is 22.8. The summed E-state index contributed by atoms with van der Waals surface area (Å²) in [5.74, 6) is 0. The Hall–Kier alpha value is -5.05. The molecule has 3 aromatic heterocycles. The van der Waals surface area contributed by atoms with Crippen LogP contribution in [-0.2, 0) is 5.54 Å². The smallest absolute Gasteiger partial charge is 0.150 e. The molecular formula is C30H26N10S. The fraction of sp³-hybridized carbons (Fsp3) is 0.300. The number of hydrogen-bond acceptors (Lipinski definition) is 10. The first-order valence-corrected chi connectivity index (χ1v) is 14.1. The number of thiazole rings is 1. The van der Waals surface area contributed by atoms with E-state index in [1.165, 1.54) is 17.5 Å². The van der Waals surface area contributed by atoms with Gasteiger partial charge in [0.05, 0.1) is 56.4 Å². The molecule has 1 saturated carbocycles. The first-order chi connectivity index (χ1) is 19.7. The van der Waals surface area contributed by atoms with Crippen LogP contribution in [0.2, 0.25) is 0 Å². The van der Waals surface area contributed by atoms with E-state index in [9.17, 15) is 15.8 Å². The van der Waals surface area contributed by atoms with Crippen molar-refractivity contribution in [3.63, 3.8) is 0 Å². The van der Waals surface area contributed by atoms with Gasteiger partial charge in [-0.3, -0.25) is 4.98 Å². The first kappa shape index (κ1) is 26.2. The van der Waals surface area contributed by atoms with Gasteiger partial charge >= 0.3 is 0 Å². The van der Waals surface area contributed by atoms with E-state index >= 15 is 0 Å². The minimum absolute atomic E-state index is 0.0388. The van der Waals surface area contributed by atoms with Gasteiger partial charge in [-0.1, -0.05) is 38.1 Å². The minimum atomic E-state index is -0.643. The van der Waals surface area contributed by atoms with Crippen molar-refractivity contribution < 1.29 is 0 Å². The fourth-order valence-electron chi connectivity index (χ4n) is 4.84. The summed E-state index contributed by atoms with van der Waals surface area (Å²) >= 11 is 1.54. The average molecular weight is 559 g/mol. The van der Waals surface area contributed by atoms with Crippen molar-refractivity contribution in [1.82, 2.24) is 25.0 Å². The lowest BCUT2D eigenvalue weighted by atomic mass is 9.96. The van der Waals surface area contributed by atoms with Crippen molar-refractivity contribution >= 4 is 43.8 Å². The summed E-state index contributed by atoms with van der Waals surface area (Å²) in [7, 11) is 0. The van der Waals surface area contributed by atoms with Crippen LogP contribution in [0.15, 0.2) is 48.2 Å². The van der Waals surface area contributed by atoms with Crippen molar-refractivity contribution in [3.8, 4) is 18.2 Å². The molecule has 6 rings (SSSR count). The molecule has 0 aliphatic heterocycles. The monoisotopic (exact) mass is 558 g/mol. The highest BCUT2D eigenvalue weighted by atomic mass is 32.1. The Morgan fingerprint density at radius 2 is 1.90 bits per heavy atom. The van der Waals surface area contributed by atoms with Crippen LogP contribution in [0.1, 0.15) is 62.0 Å². The lowest BCUT2D eigenvalue weighted by Crippen LogP contribution is -2.20. The van der Waals surface area contributed by atoms with E-state index in [1.807, 2.05) is 36.0 Å². The van der Waals surface area contributed by atoms with E-state index in [-0.39, 0.29) is 5.41 Å². The summed E-state index contributed by atoms with van der Waals surface area (Å²) in [6.07, 6.45) is 4.81. The Morgan fingerprint density at radius 1 is 1.10 bits per heavy atom. The molecule has 202 valence electrons. The third-order valence-corrected chi connectivity index (χ3v) is 8.09. The van der Waals surface area contributed by atoms with Crippen LogP contribution < -0.4 is 10.6 Å². The number of benzene rings is 2. The summed E-state index contributed by atoms with van der Waals surface area (Å²) in [5, 5.41) is 46.2.